The summed E-state index contributed by atoms with van der Waals surface area (Å²) in [5, 5.41) is 0. The van der Waals surface area contributed by atoms with Crippen LogP contribution in [0.25, 0.3) is 0 Å². The van der Waals surface area contributed by atoms with E-state index >= 15 is 0 Å². The van der Waals surface area contributed by atoms with Crippen molar-refractivity contribution in [1.29, 1.82) is 0 Å². The number of hydrogen-bond acceptors (Lipinski definition) is 4. The fourth-order valence-electron chi connectivity index (χ4n) is 2.32. The molecule has 18 heavy (non-hydrogen) atoms. The maximum atomic E-state index is 11.8. The number of carbonyl (C=O) groups excluding carboxylic acids is 1. The highest BCUT2D eigenvalue weighted by atomic mass is 16.6. The van der Waals surface area contributed by atoms with Crippen molar-refractivity contribution in [2.45, 2.75) is 39.5 Å². The molecule has 2 rings (SSSR count). The van der Waals surface area contributed by atoms with Crippen LogP contribution in [-0.4, -0.2) is 28.1 Å². The van der Waals surface area contributed by atoms with Gasteiger partial charge in [0.05, 0.1) is 6.04 Å². The maximum absolute atomic E-state index is 11.8. The quantitative estimate of drug-likeness (QED) is 0.890. The summed E-state index contributed by atoms with van der Waals surface area (Å²) in [5.74, 6) is 0.782. The lowest BCUT2D eigenvalue weighted by molar-refractivity contribution is 0.104. The van der Waals surface area contributed by atoms with Gasteiger partial charge < -0.3 is 10.5 Å². The van der Waals surface area contributed by atoms with Gasteiger partial charge >= 0.3 is 6.09 Å². The van der Waals surface area contributed by atoms with Crippen LogP contribution in [0.15, 0.2) is 18.3 Å². The van der Waals surface area contributed by atoms with Crippen molar-refractivity contribution < 1.29 is 9.53 Å². The maximum Gasteiger partial charge on any atom is 0.410 e. The summed E-state index contributed by atoms with van der Waals surface area (Å²) in [6.07, 6.45) is 1.35. The minimum absolute atomic E-state index is 0.0447. The van der Waals surface area contributed by atoms with Crippen molar-refractivity contribution in [3.63, 3.8) is 0 Å². The number of nitrogens with two attached hydrogens (primary N) is 1. The monoisotopic (exact) mass is 249 g/mol. The fraction of sp³-hybridized carbons (Fsp3) is 0.538. The van der Waals surface area contributed by atoms with Gasteiger partial charge in [-0.2, -0.15) is 0 Å². The molecule has 1 aliphatic heterocycles. The van der Waals surface area contributed by atoms with E-state index in [1.165, 1.54) is 0 Å². The van der Waals surface area contributed by atoms with Gasteiger partial charge in [-0.15, -0.1) is 0 Å². The Labute approximate surface area is 107 Å². The van der Waals surface area contributed by atoms with Crippen LogP contribution in [0, 0.1) is 5.92 Å². The number of ether oxygens (including phenoxy) is 1. The minimum atomic E-state index is -0.253. The highest BCUT2D eigenvalue weighted by molar-refractivity contribution is 5.70. The average molecular weight is 249 g/mol. The summed E-state index contributed by atoms with van der Waals surface area (Å²) in [7, 11) is 0. The van der Waals surface area contributed by atoms with Crippen molar-refractivity contribution in [1.82, 2.24) is 9.88 Å². The Morgan fingerprint density at radius 3 is 2.83 bits per heavy atom. The van der Waals surface area contributed by atoms with E-state index in [-0.39, 0.29) is 18.2 Å². The van der Waals surface area contributed by atoms with Crippen LogP contribution in [-0.2, 0) is 11.3 Å². The molecule has 0 unspecified atom stereocenters. The van der Waals surface area contributed by atoms with E-state index in [0.717, 1.165) is 5.56 Å². The van der Waals surface area contributed by atoms with Crippen LogP contribution >= 0.6 is 0 Å². The molecule has 0 saturated carbocycles. The zero-order valence-corrected chi connectivity index (χ0v) is 11.0. The third-order valence-electron chi connectivity index (χ3n) is 3.29. The molecule has 1 aliphatic rings. The molecular formula is C13H19N3O2. The topological polar surface area (TPSA) is 68.5 Å². The lowest BCUT2D eigenvalue weighted by Gasteiger charge is -2.22. The Morgan fingerprint density at radius 2 is 2.28 bits per heavy atom. The molecule has 0 aliphatic carbocycles. The number of aromatic nitrogens is 1. The lowest BCUT2D eigenvalue weighted by atomic mass is 10.0. The van der Waals surface area contributed by atoms with Crippen LogP contribution in [0.3, 0.4) is 0 Å². The minimum Gasteiger partial charge on any atom is -0.444 e. The third-order valence-corrected chi connectivity index (χ3v) is 3.29. The predicted molar refractivity (Wildman–Crippen MR) is 68.8 cm³/mol. The van der Waals surface area contributed by atoms with Crippen LogP contribution in [0.1, 0.15) is 26.3 Å². The van der Waals surface area contributed by atoms with Crippen molar-refractivity contribution in [3.05, 3.63) is 23.9 Å². The van der Waals surface area contributed by atoms with Gasteiger partial charge in [-0.3, -0.25) is 4.90 Å². The number of cyclic esters (lactones) is 1. The molecule has 1 aromatic rings. The molecule has 1 amide bonds. The summed E-state index contributed by atoms with van der Waals surface area (Å²) < 4.78 is 5.39. The fourth-order valence-corrected chi connectivity index (χ4v) is 2.32. The van der Waals surface area contributed by atoms with E-state index in [9.17, 15) is 4.79 Å². The highest BCUT2D eigenvalue weighted by Crippen LogP contribution is 2.26. The Morgan fingerprint density at radius 1 is 1.56 bits per heavy atom. The van der Waals surface area contributed by atoms with Gasteiger partial charge in [-0.25, -0.2) is 9.78 Å². The summed E-state index contributed by atoms with van der Waals surface area (Å²) in [5.41, 5.74) is 6.60. The van der Waals surface area contributed by atoms with Crippen LogP contribution in [0.5, 0.6) is 0 Å². The molecule has 0 radical (unpaired) electrons. The van der Waals surface area contributed by atoms with Crippen molar-refractivity contribution in [2.75, 3.05) is 5.73 Å². The zero-order valence-electron chi connectivity index (χ0n) is 11.0. The highest BCUT2D eigenvalue weighted by Gasteiger charge is 2.40. The summed E-state index contributed by atoms with van der Waals surface area (Å²) in [4.78, 5) is 17.5. The first-order chi connectivity index (χ1) is 8.49. The Balaban J connectivity index is 2.12. The van der Waals surface area contributed by atoms with E-state index in [1.54, 1.807) is 17.2 Å². The molecular weight excluding hydrogens is 230 g/mol. The number of nitrogens with zero attached hydrogens (tertiary/aromatic N) is 2. The zero-order chi connectivity index (χ0) is 13.3. The molecule has 1 aromatic heterocycles. The van der Waals surface area contributed by atoms with Gasteiger partial charge in [-0.1, -0.05) is 13.8 Å². The standard InChI is InChI=1S/C13H19N3O2/c1-8(2)12-9(3)16(13(17)18-12)7-10-4-5-15-11(14)6-10/h4-6,8-9,12H,7H2,1-3H3,(H2,14,15)/t9-,12-/m1/s1. The molecule has 5 nitrogen and oxygen atoms in total. The van der Waals surface area contributed by atoms with Crippen LogP contribution < -0.4 is 5.73 Å². The number of hydrogen-bond donors (Lipinski definition) is 1. The number of rotatable bonds is 3. The van der Waals surface area contributed by atoms with E-state index in [1.807, 2.05) is 13.0 Å². The van der Waals surface area contributed by atoms with Crippen molar-refractivity contribution in [3.8, 4) is 0 Å². The summed E-state index contributed by atoms with van der Waals surface area (Å²) in [6.45, 7) is 6.64. The molecule has 1 fully saturated rings. The molecule has 1 saturated heterocycles. The second-order valence-corrected chi connectivity index (χ2v) is 5.05. The smallest absolute Gasteiger partial charge is 0.410 e. The molecule has 98 valence electrons. The predicted octanol–water partition coefficient (Wildman–Crippen LogP) is 2.03. The molecule has 2 N–H and O–H groups in total. The Kier molecular flexibility index (Phi) is 3.41. The van der Waals surface area contributed by atoms with E-state index in [0.29, 0.717) is 18.3 Å². The second-order valence-electron chi connectivity index (χ2n) is 5.05. The normalized spacial score (nSPS) is 23.6. The second kappa shape index (κ2) is 4.84. The van der Waals surface area contributed by atoms with Crippen LogP contribution in [0.4, 0.5) is 10.6 Å². The SMILES string of the molecule is CC(C)[C@H]1OC(=O)N(Cc2ccnc(N)c2)[C@@H]1C. The number of amides is 1. The van der Waals surface area contributed by atoms with Gasteiger partial charge in [0.1, 0.15) is 11.9 Å². The van der Waals surface area contributed by atoms with Crippen molar-refractivity contribution in [2.24, 2.45) is 5.92 Å². The molecule has 0 bridgehead atoms. The molecule has 2 atom stereocenters. The average Bonchev–Trinajstić information content (AvgIpc) is 2.57. The number of anilines is 1. The largest absolute Gasteiger partial charge is 0.444 e. The van der Waals surface area contributed by atoms with Gasteiger partial charge in [0, 0.05) is 12.7 Å². The first-order valence-electron chi connectivity index (χ1n) is 6.16. The number of nitrogen functional groups attached to an aromatic ring is 1. The third kappa shape index (κ3) is 2.39. The number of carbonyl (C=O) groups is 1. The van der Waals surface area contributed by atoms with Crippen molar-refractivity contribution >= 4 is 11.9 Å². The van der Waals surface area contributed by atoms with Gasteiger partial charge in [0.25, 0.3) is 0 Å². The summed E-state index contributed by atoms with van der Waals surface area (Å²) in [6, 6.07) is 3.72. The van der Waals surface area contributed by atoms with E-state index in [2.05, 4.69) is 18.8 Å². The van der Waals surface area contributed by atoms with E-state index < -0.39 is 0 Å². The Hall–Kier alpha value is -1.78. The molecule has 0 spiro atoms. The van der Waals surface area contributed by atoms with Gasteiger partial charge in [0.2, 0.25) is 0 Å². The number of pyridine rings is 1. The molecule has 2 heterocycles. The van der Waals surface area contributed by atoms with Gasteiger partial charge in [-0.05, 0) is 30.5 Å². The first-order valence-corrected chi connectivity index (χ1v) is 6.16. The van der Waals surface area contributed by atoms with Gasteiger partial charge in [0.15, 0.2) is 0 Å². The summed E-state index contributed by atoms with van der Waals surface area (Å²) >= 11 is 0. The first kappa shape index (κ1) is 12.7. The van der Waals surface area contributed by atoms with E-state index in [4.69, 9.17) is 10.5 Å². The molecule has 0 aromatic carbocycles. The molecule has 5 heteroatoms. The lowest BCUT2D eigenvalue weighted by Crippen LogP contribution is -2.35. The van der Waals surface area contributed by atoms with Crippen LogP contribution in [0.2, 0.25) is 0 Å². The Bertz CT molecular complexity index is 448.